The average molecular weight is 291 g/mol. The summed E-state index contributed by atoms with van der Waals surface area (Å²) in [4.78, 5) is 4.21. The number of pyridine rings is 1. The summed E-state index contributed by atoms with van der Waals surface area (Å²) in [5.74, 6) is 0. The first-order valence-corrected chi connectivity index (χ1v) is 7.65. The number of hydrogen-bond acceptors (Lipinski definition) is 4. The van der Waals surface area contributed by atoms with Crippen LogP contribution in [0.25, 0.3) is 0 Å². The van der Waals surface area contributed by atoms with Gasteiger partial charge in [-0.2, -0.15) is 0 Å². The minimum Gasteiger partial charge on any atom is -0.326 e. The van der Waals surface area contributed by atoms with Crippen molar-refractivity contribution in [2.75, 3.05) is 4.72 Å². The van der Waals surface area contributed by atoms with Crippen LogP contribution in [0, 0.1) is 13.8 Å². The molecule has 0 amide bonds. The Morgan fingerprint density at radius 3 is 2.60 bits per heavy atom. The molecule has 6 heteroatoms. The molecule has 0 atom stereocenters. The van der Waals surface area contributed by atoms with Crippen molar-refractivity contribution < 1.29 is 8.42 Å². The van der Waals surface area contributed by atoms with Gasteiger partial charge in [0, 0.05) is 12.7 Å². The summed E-state index contributed by atoms with van der Waals surface area (Å²) < 4.78 is 27.4. The van der Waals surface area contributed by atoms with Crippen molar-refractivity contribution in [2.24, 2.45) is 5.73 Å². The van der Waals surface area contributed by atoms with E-state index in [2.05, 4.69) is 9.71 Å². The lowest BCUT2D eigenvalue weighted by Gasteiger charge is -2.11. The Morgan fingerprint density at radius 2 is 1.95 bits per heavy atom. The van der Waals surface area contributed by atoms with Gasteiger partial charge in [-0.3, -0.25) is 9.71 Å². The number of hydrogen-bond donors (Lipinski definition) is 2. The normalized spacial score (nSPS) is 11.3. The molecule has 0 saturated carbocycles. The van der Waals surface area contributed by atoms with Crippen molar-refractivity contribution in [3.05, 3.63) is 53.3 Å². The van der Waals surface area contributed by atoms with Crippen molar-refractivity contribution in [3.8, 4) is 0 Å². The van der Waals surface area contributed by atoms with Gasteiger partial charge in [0.25, 0.3) is 10.0 Å². The second-order valence-electron chi connectivity index (χ2n) is 4.66. The third-order valence-electron chi connectivity index (χ3n) is 2.90. The van der Waals surface area contributed by atoms with E-state index in [0.29, 0.717) is 17.8 Å². The molecule has 20 heavy (non-hydrogen) atoms. The van der Waals surface area contributed by atoms with Crippen LogP contribution in [-0.4, -0.2) is 13.4 Å². The Bertz CT molecular complexity index is 727. The molecule has 1 aromatic carbocycles. The molecule has 0 radical (unpaired) electrons. The molecule has 0 unspecified atom stereocenters. The molecule has 0 aliphatic rings. The van der Waals surface area contributed by atoms with Crippen LogP contribution in [0.4, 0.5) is 5.69 Å². The molecular formula is C14H17N3O2S. The van der Waals surface area contributed by atoms with E-state index in [9.17, 15) is 8.42 Å². The average Bonchev–Trinajstić information content (AvgIpc) is 2.38. The molecule has 5 nitrogen and oxygen atoms in total. The predicted octanol–water partition coefficient (Wildman–Crippen LogP) is 1.96. The number of anilines is 1. The van der Waals surface area contributed by atoms with Crippen LogP contribution >= 0.6 is 0 Å². The van der Waals surface area contributed by atoms with Crippen LogP contribution in [-0.2, 0) is 16.6 Å². The lowest BCUT2D eigenvalue weighted by molar-refractivity contribution is 0.600. The summed E-state index contributed by atoms with van der Waals surface area (Å²) in [7, 11) is -3.64. The van der Waals surface area contributed by atoms with Crippen LogP contribution in [0.15, 0.2) is 41.6 Å². The minimum atomic E-state index is -3.64. The van der Waals surface area contributed by atoms with Crippen molar-refractivity contribution in [3.63, 3.8) is 0 Å². The summed E-state index contributed by atoms with van der Waals surface area (Å²) in [6.45, 7) is 3.91. The Kier molecular flexibility index (Phi) is 4.06. The highest BCUT2D eigenvalue weighted by Crippen LogP contribution is 2.20. The molecule has 1 heterocycles. The van der Waals surface area contributed by atoms with E-state index < -0.39 is 10.0 Å². The molecule has 0 saturated heterocycles. The quantitative estimate of drug-likeness (QED) is 0.901. The van der Waals surface area contributed by atoms with Gasteiger partial charge in [0.05, 0.1) is 16.8 Å². The first kappa shape index (κ1) is 14.5. The van der Waals surface area contributed by atoms with E-state index in [0.717, 1.165) is 11.1 Å². The van der Waals surface area contributed by atoms with Crippen LogP contribution in [0.5, 0.6) is 0 Å². The van der Waals surface area contributed by atoms with E-state index in [-0.39, 0.29) is 4.90 Å². The van der Waals surface area contributed by atoms with Crippen LogP contribution in [0.3, 0.4) is 0 Å². The first-order chi connectivity index (χ1) is 9.42. The highest BCUT2D eigenvalue weighted by atomic mass is 32.2. The van der Waals surface area contributed by atoms with E-state index in [1.165, 1.54) is 6.20 Å². The SMILES string of the molecule is Cc1cncc(NS(=O)(=O)c2cc(CN)ccc2C)c1. The molecule has 106 valence electrons. The second-order valence-corrected chi connectivity index (χ2v) is 6.31. The first-order valence-electron chi connectivity index (χ1n) is 6.16. The number of aryl methyl sites for hydroxylation is 2. The highest BCUT2D eigenvalue weighted by molar-refractivity contribution is 7.92. The molecule has 2 aromatic rings. The fourth-order valence-corrected chi connectivity index (χ4v) is 3.21. The summed E-state index contributed by atoms with van der Waals surface area (Å²) in [6, 6.07) is 6.90. The smallest absolute Gasteiger partial charge is 0.262 e. The lowest BCUT2D eigenvalue weighted by atomic mass is 10.1. The number of nitrogens with zero attached hydrogens (tertiary/aromatic N) is 1. The monoisotopic (exact) mass is 291 g/mol. The maximum absolute atomic E-state index is 12.4. The Hall–Kier alpha value is -1.92. The zero-order valence-electron chi connectivity index (χ0n) is 11.4. The van der Waals surface area contributed by atoms with E-state index in [1.54, 1.807) is 31.3 Å². The highest BCUT2D eigenvalue weighted by Gasteiger charge is 2.17. The molecule has 3 N–H and O–H groups in total. The molecule has 0 aliphatic heterocycles. The van der Waals surface area contributed by atoms with Gasteiger partial charge in [0.2, 0.25) is 0 Å². The number of aromatic nitrogens is 1. The van der Waals surface area contributed by atoms with Crippen LogP contribution in [0.2, 0.25) is 0 Å². The van der Waals surface area contributed by atoms with Crippen LogP contribution in [0.1, 0.15) is 16.7 Å². The molecule has 1 aromatic heterocycles. The maximum atomic E-state index is 12.4. The van der Waals surface area contributed by atoms with E-state index in [4.69, 9.17) is 5.73 Å². The number of sulfonamides is 1. The number of nitrogens with one attached hydrogen (secondary N) is 1. The summed E-state index contributed by atoms with van der Waals surface area (Å²) >= 11 is 0. The molecule has 0 fully saturated rings. The predicted molar refractivity (Wildman–Crippen MR) is 78.9 cm³/mol. The Labute approximate surface area is 118 Å². The zero-order chi connectivity index (χ0) is 14.8. The Balaban J connectivity index is 2.40. The van der Waals surface area contributed by atoms with Gasteiger partial charge in [-0.15, -0.1) is 0 Å². The second kappa shape index (κ2) is 5.60. The molecule has 2 rings (SSSR count). The third kappa shape index (κ3) is 3.15. The van der Waals surface area contributed by atoms with Gasteiger partial charge in [-0.25, -0.2) is 8.42 Å². The molecule has 0 aliphatic carbocycles. The van der Waals surface area contributed by atoms with Crippen molar-refractivity contribution >= 4 is 15.7 Å². The number of benzene rings is 1. The largest absolute Gasteiger partial charge is 0.326 e. The zero-order valence-corrected chi connectivity index (χ0v) is 12.2. The summed E-state index contributed by atoms with van der Waals surface area (Å²) in [5.41, 5.74) is 8.35. The van der Waals surface area contributed by atoms with Crippen molar-refractivity contribution in [1.82, 2.24) is 4.98 Å². The molecular weight excluding hydrogens is 274 g/mol. The standard InChI is InChI=1S/C14H17N3O2S/c1-10-5-13(9-16-8-10)17-20(18,19)14-6-12(7-15)4-3-11(14)2/h3-6,8-9,17H,7,15H2,1-2H3. The summed E-state index contributed by atoms with van der Waals surface area (Å²) in [6.07, 6.45) is 3.14. The molecule has 0 spiro atoms. The fourth-order valence-electron chi connectivity index (χ4n) is 1.88. The summed E-state index contributed by atoms with van der Waals surface area (Å²) in [5, 5.41) is 0. The van der Waals surface area contributed by atoms with Gasteiger partial charge >= 0.3 is 0 Å². The number of rotatable bonds is 4. The fraction of sp³-hybridized carbons (Fsp3) is 0.214. The topological polar surface area (TPSA) is 85.1 Å². The van der Waals surface area contributed by atoms with Gasteiger partial charge in [0.15, 0.2) is 0 Å². The molecule has 0 bridgehead atoms. The van der Waals surface area contributed by atoms with Gasteiger partial charge in [0.1, 0.15) is 0 Å². The van der Waals surface area contributed by atoms with Gasteiger partial charge in [-0.1, -0.05) is 12.1 Å². The maximum Gasteiger partial charge on any atom is 0.262 e. The van der Waals surface area contributed by atoms with Crippen molar-refractivity contribution in [1.29, 1.82) is 0 Å². The van der Waals surface area contributed by atoms with Crippen molar-refractivity contribution in [2.45, 2.75) is 25.3 Å². The minimum absolute atomic E-state index is 0.238. The lowest BCUT2D eigenvalue weighted by Crippen LogP contribution is -2.15. The van der Waals surface area contributed by atoms with Crippen LogP contribution < -0.4 is 10.5 Å². The number of nitrogens with two attached hydrogens (primary N) is 1. The van der Waals surface area contributed by atoms with Gasteiger partial charge in [-0.05, 0) is 42.7 Å². The van der Waals surface area contributed by atoms with E-state index in [1.807, 2.05) is 13.0 Å². The van der Waals surface area contributed by atoms with Gasteiger partial charge < -0.3 is 5.73 Å². The Morgan fingerprint density at radius 1 is 1.20 bits per heavy atom. The van der Waals surface area contributed by atoms with E-state index >= 15 is 0 Å². The third-order valence-corrected chi connectivity index (χ3v) is 4.43.